The number of unbranched alkanes of at least 4 members (excludes halogenated alkanes) is 1. The normalized spacial score (nSPS) is 11.4. The van der Waals surface area contributed by atoms with Gasteiger partial charge in [-0.05, 0) is 25.5 Å². The molecule has 21 heavy (non-hydrogen) atoms. The van der Waals surface area contributed by atoms with E-state index in [1.807, 2.05) is 0 Å². The summed E-state index contributed by atoms with van der Waals surface area (Å²) in [5.41, 5.74) is 11.9. The molecule has 0 bridgehead atoms. The van der Waals surface area contributed by atoms with Crippen LogP contribution in [0.4, 0.5) is 5.69 Å². The van der Waals surface area contributed by atoms with Crippen LogP contribution >= 0.6 is 12.4 Å². The van der Waals surface area contributed by atoms with Gasteiger partial charge in [-0.2, -0.15) is 0 Å². The van der Waals surface area contributed by atoms with E-state index in [1.165, 1.54) is 20.3 Å². The van der Waals surface area contributed by atoms with Crippen molar-refractivity contribution in [3.8, 4) is 11.5 Å². The first-order chi connectivity index (χ1) is 9.54. The third-order valence-electron chi connectivity index (χ3n) is 3.10. The van der Waals surface area contributed by atoms with Crippen LogP contribution in [-0.2, 0) is 0 Å². The van der Waals surface area contributed by atoms with Crippen molar-refractivity contribution in [2.45, 2.75) is 25.3 Å². The maximum atomic E-state index is 11.2. The molecule has 0 aliphatic rings. The van der Waals surface area contributed by atoms with E-state index in [0.29, 0.717) is 30.0 Å². The number of hydrogen-bond acceptors (Lipinski definition) is 6. The molecule has 0 saturated heterocycles. The van der Waals surface area contributed by atoms with Crippen LogP contribution in [0.3, 0.4) is 0 Å². The molecule has 1 rings (SSSR count). The summed E-state index contributed by atoms with van der Waals surface area (Å²) < 4.78 is 10.2. The van der Waals surface area contributed by atoms with Gasteiger partial charge in [-0.1, -0.05) is 6.42 Å². The zero-order valence-corrected chi connectivity index (χ0v) is 13.0. The summed E-state index contributed by atoms with van der Waals surface area (Å²) in [6.45, 7) is 0.584. The molecule has 0 spiro atoms. The van der Waals surface area contributed by atoms with Crippen LogP contribution in [0.2, 0.25) is 0 Å². The molecule has 7 nitrogen and oxygen atoms in total. The van der Waals surface area contributed by atoms with Gasteiger partial charge < -0.3 is 20.9 Å². The number of nitro groups is 1. The van der Waals surface area contributed by atoms with E-state index in [2.05, 4.69) is 0 Å². The minimum Gasteiger partial charge on any atom is -0.493 e. The number of hydrogen-bond donors (Lipinski definition) is 2. The number of nitrogens with zero attached hydrogens (tertiary/aromatic N) is 1. The van der Waals surface area contributed by atoms with Gasteiger partial charge in [0.25, 0.3) is 5.69 Å². The molecule has 120 valence electrons. The first-order valence-electron chi connectivity index (χ1n) is 6.41. The molecule has 0 fully saturated rings. The van der Waals surface area contributed by atoms with Crippen LogP contribution in [0.5, 0.6) is 11.5 Å². The van der Waals surface area contributed by atoms with Crippen LogP contribution in [0.1, 0.15) is 30.9 Å². The topological polar surface area (TPSA) is 114 Å². The quantitative estimate of drug-likeness (QED) is 0.431. The SMILES string of the molecule is COc1cc([C@@H](N)CCCCN)c([N+](=O)[O-])cc1OC.Cl. The molecular weight excluding hydrogens is 298 g/mol. The molecule has 0 aliphatic carbocycles. The molecule has 0 radical (unpaired) electrons. The Balaban J connectivity index is 0.00000400. The van der Waals surface area contributed by atoms with Crippen LogP contribution in [0.15, 0.2) is 12.1 Å². The lowest BCUT2D eigenvalue weighted by Crippen LogP contribution is -2.13. The highest BCUT2D eigenvalue weighted by Crippen LogP contribution is 2.37. The largest absolute Gasteiger partial charge is 0.493 e. The van der Waals surface area contributed by atoms with Crippen LogP contribution in [-0.4, -0.2) is 25.7 Å². The molecule has 0 aliphatic heterocycles. The second-order valence-corrected chi connectivity index (χ2v) is 4.41. The first kappa shape index (κ1) is 19.4. The Bertz CT molecular complexity index is 471. The number of methoxy groups -OCH3 is 2. The predicted octanol–water partition coefficient (Wildman–Crippen LogP) is 2.16. The number of nitro benzene ring substituents is 1. The van der Waals surface area contributed by atoms with Gasteiger partial charge in [0, 0.05) is 6.04 Å². The van der Waals surface area contributed by atoms with Crippen molar-refractivity contribution < 1.29 is 14.4 Å². The summed E-state index contributed by atoms with van der Waals surface area (Å²) in [5.74, 6) is 0.750. The summed E-state index contributed by atoms with van der Waals surface area (Å²) in [4.78, 5) is 10.7. The average Bonchev–Trinajstić information content (AvgIpc) is 2.45. The van der Waals surface area contributed by atoms with Crippen molar-refractivity contribution in [3.05, 3.63) is 27.8 Å². The number of ether oxygens (including phenoxy) is 2. The highest BCUT2D eigenvalue weighted by atomic mass is 35.5. The van der Waals surface area contributed by atoms with Gasteiger partial charge in [0.1, 0.15) is 0 Å². The van der Waals surface area contributed by atoms with Crippen molar-refractivity contribution in [2.75, 3.05) is 20.8 Å². The molecule has 0 aromatic heterocycles. The Morgan fingerprint density at radius 2 is 1.81 bits per heavy atom. The lowest BCUT2D eigenvalue weighted by molar-refractivity contribution is -0.385. The lowest BCUT2D eigenvalue weighted by atomic mass is 9.99. The van der Waals surface area contributed by atoms with E-state index < -0.39 is 11.0 Å². The highest BCUT2D eigenvalue weighted by Gasteiger charge is 2.23. The van der Waals surface area contributed by atoms with Crippen LogP contribution in [0, 0.1) is 10.1 Å². The van der Waals surface area contributed by atoms with Crippen molar-refractivity contribution >= 4 is 18.1 Å². The fourth-order valence-electron chi connectivity index (χ4n) is 2.00. The van der Waals surface area contributed by atoms with Gasteiger partial charge in [0.2, 0.25) is 0 Å². The van der Waals surface area contributed by atoms with Gasteiger partial charge in [0.15, 0.2) is 11.5 Å². The maximum absolute atomic E-state index is 11.2. The molecule has 4 N–H and O–H groups in total. The molecule has 1 aromatic rings. The van der Waals surface area contributed by atoms with Crippen molar-refractivity contribution in [2.24, 2.45) is 11.5 Å². The van der Waals surface area contributed by atoms with Gasteiger partial charge in [0.05, 0.1) is 30.8 Å². The van der Waals surface area contributed by atoms with Crippen molar-refractivity contribution in [1.29, 1.82) is 0 Å². The molecule has 0 heterocycles. The Hall–Kier alpha value is -1.57. The van der Waals surface area contributed by atoms with E-state index in [4.69, 9.17) is 20.9 Å². The smallest absolute Gasteiger partial charge is 0.278 e. The Kier molecular flexibility index (Phi) is 8.68. The van der Waals surface area contributed by atoms with Gasteiger partial charge >= 0.3 is 0 Å². The number of benzene rings is 1. The standard InChI is InChI=1S/C13H21N3O4.ClH/c1-19-12-7-9(10(15)5-3-4-6-14)11(16(17)18)8-13(12)20-2;/h7-8,10H,3-6,14-15H2,1-2H3;1H/t10-;/m0./s1. The highest BCUT2D eigenvalue weighted by molar-refractivity contribution is 5.85. The summed E-state index contributed by atoms with van der Waals surface area (Å²) in [6.07, 6.45) is 2.30. The van der Waals surface area contributed by atoms with Crippen LogP contribution in [0.25, 0.3) is 0 Å². The number of halogens is 1. The molecule has 0 saturated carbocycles. The zero-order chi connectivity index (χ0) is 15.1. The third kappa shape index (κ3) is 5.04. The molecule has 1 atom stereocenters. The summed E-state index contributed by atoms with van der Waals surface area (Å²) in [6, 6.07) is 2.49. The van der Waals surface area contributed by atoms with Gasteiger partial charge in [-0.25, -0.2) is 0 Å². The second kappa shape index (κ2) is 9.38. The fourth-order valence-corrected chi connectivity index (χ4v) is 2.00. The maximum Gasteiger partial charge on any atom is 0.278 e. The Labute approximate surface area is 130 Å². The molecule has 8 heteroatoms. The van der Waals surface area contributed by atoms with Gasteiger partial charge in [-0.3, -0.25) is 10.1 Å². The zero-order valence-electron chi connectivity index (χ0n) is 12.2. The van der Waals surface area contributed by atoms with E-state index in [-0.39, 0.29) is 18.1 Å². The number of nitrogens with two attached hydrogens (primary N) is 2. The summed E-state index contributed by atoms with van der Waals surface area (Å²) in [5, 5.41) is 11.2. The monoisotopic (exact) mass is 319 g/mol. The third-order valence-corrected chi connectivity index (χ3v) is 3.10. The van der Waals surface area contributed by atoms with Crippen molar-refractivity contribution in [3.63, 3.8) is 0 Å². The molecule has 0 amide bonds. The number of rotatable bonds is 8. The predicted molar refractivity (Wildman–Crippen MR) is 83.3 cm³/mol. The van der Waals surface area contributed by atoms with E-state index >= 15 is 0 Å². The minimum atomic E-state index is -0.458. The van der Waals surface area contributed by atoms with Crippen LogP contribution < -0.4 is 20.9 Å². The lowest BCUT2D eigenvalue weighted by Gasteiger charge is -2.15. The molecule has 0 unspecified atom stereocenters. The summed E-state index contributed by atoms with van der Waals surface area (Å²) >= 11 is 0. The van der Waals surface area contributed by atoms with E-state index in [9.17, 15) is 10.1 Å². The first-order valence-corrected chi connectivity index (χ1v) is 6.41. The fraction of sp³-hybridized carbons (Fsp3) is 0.538. The Morgan fingerprint density at radius 3 is 2.29 bits per heavy atom. The van der Waals surface area contributed by atoms with Crippen molar-refractivity contribution in [1.82, 2.24) is 0 Å². The molecular formula is C13H22ClN3O4. The Morgan fingerprint density at radius 1 is 1.24 bits per heavy atom. The average molecular weight is 320 g/mol. The summed E-state index contributed by atoms with van der Waals surface area (Å²) in [7, 11) is 2.91. The second-order valence-electron chi connectivity index (χ2n) is 4.41. The van der Waals surface area contributed by atoms with Gasteiger partial charge in [-0.15, -0.1) is 12.4 Å². The minimum absolute atomic E-state index is 0. The molecule has 1 aromatic carbocycles. The van der Waals surface area contributed by atoms with E-state index in [0.717, 1.165) is 12.8 Å². The van der Waals surface area contributed by atoms with E-state index in [1.54, 1.807) is 6.07 Å².